The van der Waals surface area contributed by atoms with Crippen LogP contribution in [0.5, 0.6) is 0 Å². The summed E-state index contributed by atoms with van der Waals surface area (Å²) in [4.78, 5) is 36.9. The number of hydrogen-bond acceptors (Lipinski definition) is 3. The van der Waals surface area contributed by atoms with Gasteiger partial charge in [0.2, 0.25) is 17.7 Å². The maximum absolute atomic E-state index is 13.8. The number of rotatable bonds is 6. The Hall–Kier alpha value is -2.44. The van der Waals surface area contributed by atoms with Crippen LogP contribution in [0, 0.1) is 17.7 Å². The highest BCUT2D eigenvalue weighted by molar-refractivity contribution is 6.00. The van der Waals surface area contributed by atoms with Crippen LogP contribution in [0.4, 0.5) is 10.1 Å². The molecule has 1 aromatic rings. The molecule has 3 amide bonds. The maximum Gasteiger partial charge on any atom is 0.227 e. The normalized spacial score (nSPS) is 17.2. The van der Waals surface area contributed by atoms with E-state index in [1.807, 2.05) is 0 Å². The standard InChI is InChI=1S/C17H22FN3O3/c1-11(2)16(23)19-7-8-20-17(24)12-9-15(22)21(10-12)14-6-4-3-5-13(14)18/h3-6,11-12H,7-10H2,1-2H3,(H,19,23)(H,20,24). The summed E-state index contributed by atoms with van der Waals surface area (Å²) in [5, 5.41) is 5.40. The molecule has 0 radical (unpaired) electrons. The van der Waals surface area contributed by atoms with Gasteiger partial charge < -0.3 is 15.5 Å². The van der Waals surface area contributed by atoms with Gasteiger partial charge in [-0.15, -0.1) is 0 Å². The number of nitrogens with zero attached hydrogens (tertiary/aromatic N) is 1. The van der Waals surface area contributed by atoms with E-state index >= 15 is 0 Å². The topological polar surface area (TPSA) is 78.5 Å². The Bertz CT molecular complexity index is 633. The molecule has 1 aliphatic rings. The zero-order valence-electron chi connectivity index (χ0n) is 13.8. The van der Waals surface area contributed by atoms with Crippen LogP contribution >= 0.6 is 0 Å². The second kappa shape index (κ2) is 7.90. The van der Waals surface area contributed by atoms with E-state index in [1.54, 1.807) is 26.0 Å². The van der Waals surface area contributed by atoms with Crippen LogP contribution in [0.25, 0.3) is 0 Å². The van der Waals surface area contributed by atoms with Gasteiger partial charge in [0.25, 0.3) is 0 Å². The fourth-order valence-corrected chi connectivity index (χ4v) is 2.51. The van der Waals surface area contributed by atoms with Crippen LogP contribution in [0.15, 0.2) is 24.3 Å². The first kappa shape index (κ1) is 17.9. The highest BCUT2D eigenvalue weighted by atomic mass is 19.1. The second-order valence-electron chi connectivity index (χ2n) is 6.09. The average Bonchev–Trinajstić information content (AvgIpc) is 2.93. The smallest absolute Gasteiger partial charge is 0.227 e. The number of benzene rings is 1. The first-order chi connectivity index (χ1) is 11.4. The molecule has 0 aromatic heterocycles. The SMILES string of the molecule is CC(C)C(=O)NCCNC(=O)C1CC(=O)N(c2ccccc2F)C1. The van der Waals surface area contributed by atoms with Gasteiger partial charge >= 0.3 is 0 Å². The highest BCUT2D eigenvalue weighted by Crippen LogP contribution is 2.27. The van der Waals surface area contributed by atoms with Crippen molar-refractivity contribution in [1.29, 1.82) is 0 Å². The average molecular weight is 335 g/mol. The maximum atomic E-state index is 13.8. The van der Waals surface area contributed by atoms with Crippen molar-refractivity contribution in [3.63, 3.8) is 0 Å². The summed E-state index contributed by atoms with van der Waals surface area (Å²) >= 11 is 0. The monoisotopic (exact) mass is 335 g/mol. The van der Waals surface area contributed by atoms with Crippen molar-refractivity contribution in [2.24, 2.45) is 11.8 Å². The largest absolute Gasteiger partial charge is 0.354 e. The van der Waals surface area contributed by atoms with Crippen LogP contribution in [0.2, 0.25) is 0 Å². The van der Waals surface area contributed by atoms with Gasteiger partial charge in [0, 0.05) is 32.0 Å². The molecule has 7 heteroatoms. The quantitative estimate of drug-likeness (QED) is 0.763. The van der Waals surface area contributed by atoms with E-state index in [4.69, 9.17) is 0 Å². The van der Waals surface area contributed by atoms with Crippen molar-refractivity contribution in [3.05, 3.63) is 30.1 Å². The molecule has 130 valence electrons. The molecule has 2 N–H and O–H groups in total. The molecule has 2 rings (SSSR count). The Balaban J connectivity index is 1.84. The lowest BCUT2D eigenvalue weighted by molar-refractivity contribution is -0.126. The summed E-state index contributed by atoms with van der Waals surface area (Å²) in [6.07, 6.45) is 0.0541. The molecule has 1 unspecified atom stereocenters. The number of anilines is 1. The Morgan fingerprint density at radius 1 is 1.25 bits per heavy atom. The summed E-state index contributed by atoms with van der Waals surface area (Å²) < 4.78 is 13.8. The fourth-order valence-electron chi connectivity index (χ4n) is 2.51. The van der Waals surface area contributed by atoms with Crippen LogP contribution < -0.4 is 15.5 Å². The minimum absolute atomic E-state index is 0.0541. The number of halogens is 1. The van der Waals surface area contributed by atoms with Gasteiger partial charge in [-0.2, -0.15) is 0 Å². The predicted octanol–water partition coefficient (Wildman–Crippen LogP) is 1.07. The van der Waals surface area contributed by atoms with Gasteiger partial charge in [0.05, 0.1) is 11.6 Å². The zero-order chi connectivity index (χ0) is 17.7. The van der Waals surface area contributed by atoms with Crippen LogP contribution in [0.3, 0.4) is 0 Å². The van der Waals surface area contributed by atoms with Crippen molar-refractivity contribution >= 4 is 23.4 Å². The van der Waals surface area contributed by atoms with E-state index in [1.165, 1.54) is 17.0 Å². The Labute approximate surface area is 140 Å². The van der Waals surface area contributed by atoms with E-state index in [0.29, 0.717) is 13.1 Å². The minimum atomic E-state index is -0.516. The summed E-state index contributed by atoms with van der Waals surface area (Å²) in [6.45, 7) is 4.36. The molecule has 6 nitrogen and oxygen atoms in total. The van der Waals surface area contributed by atoms with E-state index in [2.05, 4.69) is 10.6 Å². The molecule has 24 heavy (non-hydrogen) atoms. The third kappa shape index (κ3) is 4.31. The Kier molecular flexibility index (Phi) is 5.89. The van der Waals surface area contributed by atoms with Crippen molar-refractivity contribution in [2.45, 2.75) is 20.3 Å². The Morgan fingerprint density at radius 2 is 1.92 bits per heavy atom. The van der Waals surface area contributed by atoms with E-state index in [9.17, 15) is 18.8 Å². The van der Waals surface area contributed by atoms with Crippen LogP contribution in [-0.2, 0) is 14.4 Å². The lowest BCUT2D eigenvalue weighted by Gasteiger charge is -2.17. The van der Waals surface area contributed by atoms with Gasteiger partial charge in [-0.3, -0.25) is 14.4 Å². The summed E-state index contributed by atoms with van der Waals surface area (Å²) in [6, 6.07) is 6.01. The van der Waals surface area contributed by atoms with E-state index < -0.39 is 11.7 Å². The molecule has 1 atom stereocenters. The van der Waals surface area contributed by atoms with Gasteiger partial charge in [0.1, 0.15) is 5.82 Å². The molecule has 1 heterocycles. The lowest BCUT2D eigenvalue weighted by atomic mass is 10.1. The minimum Gasteiger partial charge on any atom is -0.354 e. The molecule has 1 aromatic carbocycles. The number of amides is 3. The van der Waals surface area contributed by atoms with Crippen molar-refractivity contribution in [3.8, 4) is 0 Å². The molecule has 1 aliphatic heterocycles. The van der Waals surface area contributed by atoms with Crippen molar-refractivity contribution in [2.75, 3.05) is 24.5 Å². The van der Waals surface area contributed by atoms with Gasteiger partial charge in [-0.05, 0) is 12.1 Å². The second-order valence-corrected chi connectivity index (χ2v) is 6.09. The highest BCUT2D eigenvalue weighted by Gasteiger charge is 2.35. The van der Waals surface area contributed by atoms with Gasteiger partial charge in [-0.1, -0.05) is 26.0 Å². The molecular formula is C17H22FN3O3. The molecular weight excluding hydrogens is 313 g/mol. The third-order valence-electron chi connectivity index (χ3n) is 3.89. The molecule has 0 bridgehead atoms. The molecule has 1 fully saturated rings. The molecule has 0 aliphatic carbocycles. The Morgan fingerprint density at radius 3 is 2.58 bits per heavy atom. The molecule has 0 saturated carbocycles. The fraction of sp³-hybridized carbons (Fsp3) is 0.471. The van der Waals surface area contributed by atoms with E-state index in [0.717, 1.165) is 0 Å². The summed E-state index contributed by atoms with van der Waals surface area (Å²) in [5.41, 5.74) is 0.196. The number of carbonyl (C=O) groups is 3. The molecule has 1 saturated heterocycles. The van der Waals surface area contributed by atoms with E-state index in [-0.39, 0.29) is 42.3 Å². The van der Waals surface area contributed by atoms with Gasteiger partial charge in [0.15, 0.2) is 0 Å². The van der Waals surface area contributed by atoms with Crippen LogP contribution in [-0.4, -0.2) is 37.4 Å². The number of carbonyl (C=O) groups excluding carboxylic acids is 3. The van der Waals surface area contributed by atoms with Crippen molar-refractivity contribution < 1.29 is 18.8 Å². The predicted molar refractivity (Wildman–Crippen MR) is 87.7 cm³/mol. The summed E-state index contributed by atoms with van der Waals surface area (Å²) in [7, 11) is 0. The number of para-hydroxylation sites is 1. The molecule has 0 spiro atoms. The lowest BCUT2D eigenvalue weighted by Crippen LogP contribution is -2.39. The number of nitrogens with one attached hydrogen (secondary N) is 2. The van der Waals surface area contributed by atoms with Gasteiger partial charge in [-0.25, -0.2) is 4.39 Å². The first-order valence-electron chi connectivity index (χ1n) is 8.00. The van der Waals surface area contributed by atoms with Crippen LogP contribution in [0.1, 0.15) is 20.3 Å². The van der Waals surface area contributed by atoms with Crippen molar-refractivity contribution in [1.82, 2.24) is 10.6 Å². The first-order valence-corrected chi connectivity index (χ1v) is 8.00. The number of hydrogen-bond donors (Lipinski definition) is 2. The summed E-state index contributed by atoms with van der Waals surface area (Å²) in [5.74, 6) is -1.72. The third-order valence-corrected chi connectivity index (χ3v) is 3.89. The zero-order valence-corrected chi connectivity index (χ0v) is 13.8.